The molecule has 7 heteroatoms. The Morgan fingerprint density at radius 3 is 2.11 bits per heavy atom. The normalized spacial score (nSPS) is 11.0. The Hall–Kier alpha value is -2.24. The summed E-state index contributed by atoms with van der Waals surface area (Å²) in [7, 11) is 0. The fourth-order valence-electron chi connectivity index (χ4n) is 2.17. The first-order valence-electron chi connectivity index (χ1n) is 8.29. The molecule has 144 valence electrons. The molecule has 0 radical (unpaired) electrons. The zero-order valence-electron chi connectivity index (χ0n) is 15.3. The molecule has 0 aliphatic carbocycles. The van der Waals surface area contributed by atoms with E-state index in [2.05, 4.69) is 26.1 Å². The van der Waals surface area contributed by atoms with Crippen LogP contribution >= 0.6 is 23.2 Å². The molecule has 5 nitrogen and oxygen atoms in total. The number of amides is 1. The first-order valence-corrected chi connectivity index (χ1v) is 9.05. The third kappa shape index (κ3) is 6.45. The maximum atomic E-state index is 11.9. The smallest absolute Gasteiger partial charge is 0.344 e. The van der Waals surface area contributed by atoms with Gasteiger partial charge in [-0.25, -0.2) is 4.79 Å². The molecule has 1 N–H and O–H groups in total. The fraction of sp³-hybridized carbons (Fsp3) is 0.300. The number of hydrogen-bond acceptors (Lipinski definition) is 4. The molecule has 2 aromatic rings. The summed E-state index contributed by atoms with van der Waals surface area (Å²) in [6, 6.07) is 12.3. The lowest BCUT2D eigenvalue weighted by atomic mass is 9.87. The first-order chi connectivity index (χ1) is 12.7. The molecule has 0 aliphatic rings. The lowest BCUT2D eigenvalue weighted by Crippen LogP contribution is -2.24. The SMILES string of the molecule is CC(C)(C)c1ccc(OCC(=O)OCC(=O)Nc2c(Cl)cccc2Cl)cc1. The van der Waals surface area contributed by atoms with Gasteiger partial charge in [0.2, 0.25) is 0 Å². The number of halogens is 2. The van der Waals surface area contributed by atoms with E-state index in [4.69, 9.17) is 32.7 Å². The van der Waals surface area contributed by atoms with Crippen molar-refractivity contribution in [2.45, 2.75) is 26.2 Å². The minimum atomic E-state index is -0.657. The van der Waals surface area contributed by atoms with Gasteiger partial charge in [-0.05, 0) is 35.2 Å². The van der Waals surface area contributed by atoms with Crippen molar-refractivity contribution in [3.8, 4) is 5.75 Å². The van der Waals surface area contributed by atoms with E-state index in [-0.39, 0.29) is 17.7 Å². The van der Waals surface area contributed by atoms with Crippen molar-refractivity contribution in [2.24, 2.45) is 0 Å². The van der Waals surface area contributed by atoms with E-state index >= 15 is 0 Å². The molecule has 2 rings (SSSR count). The highest BCUT2D eigenvalue weighted by Gasteiger charge is 2.14. The predicted molar refractivity (Wildman–Crippen MR) is 107 cm³/mol. The zero-order chi connectivity index (χ0) is 20.0. The average Bonchev–Trinajstić information content (AvgIpc) is 2.61. The number of rotatable bonds is 6. The topological polar surface area (TPSA) is 64.6 Å². The number of nitrogens with one attached hydrogen (secondary N) is 1. The van der Waals surface area contributed by atoms with E-state index in [1.807, 2.05) is 12.1 Å². The number of esters is 1. The van der Waals surface area contributed by atoms with Crippen LogP contribution in [0.15, 0.2) is 42.5 Å². The second kappa shape index (κ2) is 9.11. The van der Waals surface area contributed by atoms with Crippen LogP contribution < -0.4 is 10.1 Å². The number of para-hydroxylation sites is 1. The van der Waals surface area contributed by atoms with Crippen LogP contribution in [0, 0.1) is 0 Å². The van der Waals surface area contributed by atoms with E-state index < -0.39 is 18.5 Å². The Labute approximate surface area is 168 Å². The molecule has 0 aromatic heterocycles. The van der Waals surface area contributed by atoms with Gasteiger partial charge in [0, 0.05) is 0 Å². The van der Waals surface area contributed by atoms with E-state index in [1.54, 1.807) is 30.3 Å². The summed E-state index contributed by atoms with van der Waals surface area (Å²) in [4.78, 5) is 23.6. The lowest BCUT2D eigenvalue weighted by Gasteiger charge is -2.19. The molecule has 2 aromatic carbocycles. The molecule has 27 heavy (non-hydrogen) atoms. The third-order valence-corrected chi connectivity index (χ3v) is 4.30. The molecular formula is C20H21Cl2NO4. The van der Waals surface area contributed by atoms with Gasteiger partial charge in [0.1, 0.15) is 5.75 Å². The Bertz CT molecular complexity index is 793. The van der Waals surface area contributed by atoms with Crippen LogP contribution in [0.25, 0.3) is 0 Å². The number of carbonyl (C=O) groups is 2. The number of anilines is 1. The second-order valence-corrected chi connectivity index (χ2v) is 7.68. The Morgan fingerprint density at radius 1 is 0.963 bits per heavy atom. The van der Waals surface area contributed by atoms with Crippen LogP contribution in [0.2, 0.25) is 10.0 Å². The monoisotopic (exact) mass is 409 g/mol. The minimum absolute atomic E-state index is 0.0371. The van der Waals surface area contributed by atoms with Crippen LogP contribution in [-0.2, 0) is 19.7 Å². The Morgan fingerprint density at radius 2 is 1.56 bits per heavy atom. The van der Waals surface area contributed by atoms with Crippen molar-refractivity contribution in [1.29, 1.82) is 0 Å². The Kier molecular flexibility index (Phi) is 7.11. The Balaban J connectivity index is 1.78. The number of carbonyl (C=O) groups excluding carboxylic acids is 2. The summed E-state index contributed by atoms with van der Waals surface area (Å²) in [5.41, 5.74) is 1.47. The van der Waals surface area contributed by atoms with Crippen molar-refractivity contribution < 1.29 is 19.1 Å². The maximum Gasteiger partial charge on any atom is 0.344 e. The second-order valence-electron chi connectivity index (χ2n) is 6.87. The number of benzene rings is 2. The van der Waals surface area contributed by atoms with E-state index in [9.17, 15) is 9.59 Å². The molecular weight excluding hydrogens is 389 g/mol. The fourth-order valence-corrected chi connectivity index (χ4v) is 2.67. The van der Waals surface area contributed by atoms with Gasteiger partial charge in [-0.2, -0.15) is 0 Å². The van der Waals surface area contributed by atoms with Crippen molar-refractivity contribution in [2.75, 3.05) is 18.5 Å². The van der Waals surface area contributed by atoms with Gasteiger partial charge in [-0.1, -0.05) is 62.2 Å². The van der Waals surface area contributed by atoms with Gasteiger partial charge in [0.05, 0.1) is 15.7 Å². The number of hydrogen-bond donors (Lipinski definition) is 1. The van der Waals surface area contributed by atoms with Crippen molar-refractivity contribution >= 4 is 40.8 Å². The van der Waals surface area contributed by atoms with Gasteiger partial charge >= 0.3 is 5.97 Å². The van der Waals surface area contributed by atoms with Gasteiger partial charge in [-0.15, -0.1) is 0 Å². The molecule has 0 fully saturated rings. The standard InChI is InChI=1S/C20H21Cl2NO4/c1-20(2,3)13-7-9-14(10-8-13)26-12-18(25)27-11-17(24)23-19-15(21)5-4-6-16(19)22/h4-10H,11-12H2,1-3H3,(H,23,24). The summed E-state index contributed by atoms with van der Waals surface area (Å²) in [5.74, 6) is -0.657. The van der Waals surface area contributed by atoms with E-state index in [0.717, 1.165) is 5.56 Å². The molecule has 0 spiro atoms. The molecule has 0 atom stereocenters. The first kappa shape index (κ1) is 21.1. The highest BCUT2D eigenvalue weighted by molar-refractivity contribution is 6.39. The largest absolute Gasteiger partial charge is 0.482 e. The summed E-state index contributed by atoms with van der Waals surface area (Å²) >= 11 is 11.9. The molecule has 0 saturated carbocycles. The molecule has 0 saturated heterocycles. The summed E-state index contributed by atoms with van der Waals surface area (Å²) in [6.07, 6.45) is 0. The molecule has 0 heterocycles. The third-order valence-electron chi connectivity index (χ3n) is 3.67. The van der Waals surface area contributed by atoms with E-state index in [0.29, 0.717) is 15.8 Å². The summed E-state index contributed by atoms with van der Waals surface area (Å²) in [6.45, 7) is 5.57. The highest BCUT2D eigenvalue weighted by Crippen LogP contribution is 2.29. The molecule has 0 bridgehead atoms. The van der Waals surface area contributed by atoms with Crippen LogP contribution in [0.4, 0.5) is 5.69 Å². The van der Waals surface area contributed by atoms with Crippen LogP contribution in [0.5, 0.6) is 5.75 Å². The van der Waals surface area contributed by atoms with Gasteiger partial charge in [0.25, 0.3) is 5.91 Å². The van der Waals surface area contributed by atoms with E-state index in [1.165, 1.54) is 0 Å². The molecule has 0 aliphatic heterocycles. The maximum absolute atomic E-state index is 11.9. The van der Waals surface area contributed by atoms with Crippen molar-refractivity contribution in [1.82, 2.24) is 0 Å². The average molecular weight is 410 g/mol. The summed E-state index contributed by atoms with van der Waals surface area (Å²) < 4.78 is 10.3. The number of ether oxygens (including phenoxy) is 2. The minimum Gasteiger partial charge on any atom is -0.482 e. The highest BCUT2D eigenvalue weighted by atomic mass is 35.5. The zero-order valence-corrected chi connectivity index (χ0v) is 16.9. The van der Waals surface area contributed by atoms with Gasteiger partial charge < -0.3 is 14.8 Å². The predicted octanol–water partition coefficient (Wildman–Crippen LogP) is 4.85. The molecule has 0 unspecified atom stereocenters. The molecule has 1 amide bonds. The lowest BCUT2D eigenvalue weighted by molar-refractivity contribution is -0.149. The van der Waals surface area contributed by atoms with Crippen molar-refractivity contribution in [3.63, 3.8) is 0 Å². The van der Waals surface area contributed by atoms with Crippen LogP contribution in [0.3, 0.4) is 0 Å². The summed E-state index contributed by atoms with van der Waals surface area (Å²) in [5, 5.41) is 3.10. The van der Waals surface area contributed by atoms with Crippen molar-refractivity contribution in [3.05, 3.63) is 58.1 Å². The quantitative estimate of drug-likeness (QED) is 0.692. The van der Waals surface area contributed by atoms with Gasteiger partial charge in [0.15, 0.2) is 13.2 Å². The van der Waals surface area contributed by atoms with Gasteiger partial charge in [-0.3, -0.25) is 4.79 Å². The van der Waals surface area contributed by atoms with Crippen LogP contribution in [-0.4, -0.2) is 25.1 Å². The van der Waals surface area contributed by atoms with Crippen LogP contribution in [0.1, 0.15) is 26.3 Å².